The summed E-state index contributed by atoms with van der Waals surface area (Å²) in [4.78, 5) is 12.3. The van der Waals surface area contributed by atoms with Crippen LogP contribution in [0.2, 0.25) is 0 Å². The number of aromatic nitrogens is 3. The van der Waals surface area contributed by atoms with Gasteiger partial charge in [-0.1, -0.05) is 82.3 Å². The Labute approximate surface area is 210 Å². The van der Waals surface area contributed by atoms with Crippen molar-refractivity contribution in [1.82, 2.24) is 20.2 Å². The summed E-state index contributed by atoms with van der Waals surface area (Å²) < 4.78 is 8.82. The first-order chi connectivity index (χ1) is 16.6. The average molecular weight is 536 g/mol. The minimum absolute atomic E-state index is 0.166. The highest BCUT2D eigenvalue weighted by atomic mass is 79.9. The molecule has 0 aliphatic rings. The lowest BCUT2D eigenvalue weighted by molar-refractivity contribution is -0.118. The maximum Gasteiger partial charge on any atom is 0.250 e. The van der Waals surface area contributed by atoms with Gasteiger partial charge in [-0.25, -0.2) is 5.43 Å². The molecule has 34 heavy (non-hydrogen) atoms. The van der Waals surface area contributed by atoms with Gasteiger partial charge in [0.25, 0.3) is 5.91 Å². The number of benzene rings is 3. The number of rotatable bonds is 9. The van der Waals surface area contributed by atoms with E-state index < -0.39 is 0 Å². The molecule has 4 rings (SSSR count). The number of para-hydroxylation sites is 1. The molecule has 0 bridgehead atoms. The van der Waals surface area contributed by atoms with Crippen molar-refractivity contribution >= 4 is 39.8 Å². The van der Waals surface area contributed by atoms with Crippen molar-refractivity contribution in [3.63, 3.8) is 0 Å². The van der Waals surface area contributed by atoms with E-state index in [-0.39, 0.29) is 11.7 Å². The van der Waals surface area contributed by atoms with Crippen LogP contribution in [0.15, 0.2) is 93.6 Å². The van der Waals surface area contributed by atoms with Crippen LogP contribution >= 0.6 is 27.7 Å². The Morgan fingerprint density at radius 2 is 1.88 bits per heavy atom. The van der Waals surface area contributed by atoms with Crippen LogP contribution in [0.3, 0.4) is 0 Å². The molecule has 0 fully saturated rings. The molecule has 1 heterocycles. The number of hydrazone groups is 1. The second-order valence-corrected chi connectivity index (χ2v) is 9.13. The van der Waals surface area contributed by atoms with E-state index in [2.05, 4.69) is 36.7 Å². The molecule has 7 nitrogen and oxygen atoms in total. The van der Waals surface area contributed by atoms with E-state index in [9.17, 15) is 4.79 Å². The molecular formula is C25H22BrN5O2S. The Bertz CT molecular complexity index is 1290. The number of nitrogens with one attached hydrogen (secondary N) is 1. The van der Waals surface area contributed by atoms with Crippen LogP contribution in [-0.2, 0) is 18.4 Å². The van der Waals surface area contributed by atoms with Gasteiger partial charge in [-0.15, -0.1) is 10.2 Å². The summed E-state index contributed by atoms with van der Waals surface area (Å²) in [7, 11) is 1.88. The molecule has 1 N–H and O–H groups in total. The van der Waals surface area contributed by atoms with Gasteiger partial charge in [0.2, 0.25) is 0 Å². The van der Waals surface area contributed by atoms with Gasteiger partial charge in [0.1, 0.15) is 12.4 Å². The fraction of sp³-hybridized carbons (Fsp3) is 0.120. The van der Waals surface area contributed by atoms with Gasteiger partial charge in [0.05, 0.1) is 12.0 Å². The lowest BCUT2D eigenvalue weighted by Crippen LogP contribution is -2.20. The molecule has 0 radical (unpaired) electrons. The third-order valence-corrected chi connectivity index (χ3v) is 6.31. The minimum Gasteiger partial charge on any atom is -0.488 e. The highest BCUT2D eigenvalue weighted by Gasteiger charge is 2.12. The van der Waals surface area contributed by atoms with E-state index in [0.29, 0.717) is 17.5 Å². The summed E-state index contributed by atoms with van der Waals surface area (Å²) in [6.07, 6.45) is 1.58. The smallest absolute Gasteiger partial charge is 0.250 e. The SMILES string of the molecule is Cn1c(SCC(=O)NN=Cc2ccccc2OCc2cccc(Br)c2)nnc1-c1ccccc1. The molecule has 0 saturated heterocycles. The highest BCUT2D eigenvalue weighted by Crippen LogP contribution is 2.22. The van der Waals surface area contributed by atoms with Crippen LogP contribution in [0.4, 0.5) is 0 Å². The molecule has 4 aromatic rings. The normalized spacial score (nSPS) is 11.0. The van der Waals surface area contributed by atoms with Gasteiger partial charge < -0.3 is 9.30 Å². The molecule has 0 saturated carbocycles. The van der Waals surface area contributed by atoms with Crippen molar-refractivity contribution in [3.05, 3.63) is 94.5 Å². The monoisotopic (exact) mass is 535 g/mol. The summed E-state index contributed by atoms with van der Waals surface area (Å²) >= 11 is 4.77. The first-order valence-corrected chi connectivity index (χ1v) is 12.2. The third-order valence-electron chi connectivity index (χ3n) is 4.79. The quantitative estimate of drug-likeness (QED) is 0.184. The van der Waals surface area contributed by atoms with Crippen molar-refractivity contribution in [2.45, 2.75) is 11.8 Å². The Balaban J connectivity index is 1.30. The number of halogens is 1. The summed E-state index contributed by atoms with van der Waals surface area (Å²) in [6, 6.07) is 25.3. The number of ether oxygens (including phenoxy) is 1. The van der Waals surface area contributed by atoms with Crippen molar-refractivity contribution in [2.24, 2.45) is 12.1 Å². The number of carbonyl (C=O) groups excluding carboxylic acids is 1. The van der Waals surface area contributed by atoms with Crippen LogP contribution in [-0.4, -0.2) is 32.6 Å². The fourth-order valence-electron chi connectivity index (χ4n) is 3.12. The van der Waals surface area contributed by atoms with E-state index >= 15 is 0 Å². The maximum atomic E-state index is 12.3. The number of hydrogen-bond donors (Lipinski definition) is 1. The van der Waals surface area contributed by atoms with Gasteiger partial charge in [0.15, 0.2) is 11.0 Å². The van der Waals surface area contributed by atoms with Crippen LogP contribution in [0, 0.1) is 0 Å². The topological polar surface area (TPSA) is 81.4 Å². The second-order valence-electron chi connectivity index (χ2n) is 7.27. The standard InChI is InChI=1S/C25H22BrN5O2S/c1-31-24(19-9-3-2-4-10-19)29-30-25(31)34-17-23(32)28-27-15-20-11-5-6-13-22(20)33-16-18-8-7-12-21(26)14-18/h2-15H,16-17H2,1H3,(H,28,32). The summed E-state index contributed by atoms with van der Waals surface area (Å²) in [5.41, 5.74) is 5.35. The molecular weight excluding hydrogens is 514 g/mol. The fourth-order valence-corrected chi connectivity index (χ4v) is 4.27. The van der Waals surface area contributed by atoms with Crippen LogP contribution < -0.4 is 10.2 Å². The Kier molecular flexibility index (Phi) is 8.11. The van der Waals surface area contributed by atoms with Gasteiger partial charge in [-0.3, -0.25) is 4.79 Å². The van der Waals surface area contributed by atoms with Gasteiger partial charge in [0, 0.05) is 22.6 Å². The first kappa shape index (κ1) is 23.7. The number of thioether (sulfide) groups is 1. The van der Waals surface area contributed by atoms with Crippen LogP contribution in [0.5, 0.6) is 5.75 Å². The van der Waals surface area contributed by atoms with Crippen LogP contribution in [0.1, 0.15) is 11.1 Å². The molecule has 0 aliphatic heterocycles. The van der Waals surface area contributed by atoms with E-state index in [1.165, 1.54) is 11.8 Å². The summed E-state index contributed by atoms with van der Waals surface area (Å²) in [6.45, 7) is 0.427. The van der Waals surface area contributed by atoms with Crippen molar-refractivity contribution < 1.29 is 9.53 Å². The van der Waals surface area contributed by atoms with E-state index in [4.69, 9.17) is 4.74 Å². The molecule has 0 atom stereocenters. The second kappa shape index (κ2) is 11.6. The maximum absolute atomic E-state index is 12.3. The van der Waals surface area contributed by atoms with Gasteiger partial charge >= 0.3 is 0 Å². The zero-order valence-electron chi connectivity index (χ0n) is 18.4. The number of carbonyl (C=O) groups is 1. The lowest BCUT2D eigenvalue weighted by atomic mass is 10.2. The summed E-state index contributed by atoms with van der Waals surface area (Å²) in [5, 5.41) is 13.2. The highest BCUT2D eigenvalue weighted by molar-refractivity contribution is 9.10. The largest absolute Gasteiger partial charge is 0.488 e. The summed E-state index contributed by atoms with van der Waals surface area (Å²) in [5.74, 6) is 1.36. The molecule has 0 aliphatic carbocycles. The molecule has 3 aromatic carbocycles. The van der Waals surface area contributed by atoms with Gasteiger partial charge in [-0.2, -0.15) is 5.10 Å². The predicted octanol–water partition coefficient (Wildman–Crippen LogP) is 5.07. The Morgan fingerprint density at radius 3 is 2.71 bits per heavy atom. The third kappa shape index (κ3) is 6.33. The Hall–Kier alpha value is -3.43. The molecule has 0 unspecified atom stereocenters. The Morgan fingerprint density at radius 1 is 1.09 bits per heavy atom. The first-order valence-electron chi connectivity index (χ1n) is 10.5. The average Bonchev–Trinajstić information content (AvgIpc) is 3.23. The molecule has 1 aromatic heterocycles. The molecule has 172 valence electrons. The zero-order valence-corrected chi connectivity index (χ0v) is 20.8. The molecule has 9 heteroatoms. The van der Waals surface area contributed by atoms with Crippen molar-refractivity contribution in [2.75, 3.05) is 5.75 Å². The minimum atomic E-state index is -0.238. The number of hydrogen-bond acceptors (Lipinski definition) is 6. The van der Waals surface area contributed by atoms with E-state index in [1.807, 2.05) is 90.5 Å². The van der Waals surface area contributed by atoms with Crippen LogP contribution in [0.25, 0.3) is 11.4 Å². The lowest BCUT2D eigenvalue weighted by Gasteiger charge is -2.09. The predicted molar refractivity (Wildman–Crippen MR) is 138 cm³/mol. The number of nitrogens with zero attached hydrogens (tertiary/aromatic N) is 4. The molecule has 1 amide bonds. The van der Waals surface area contributed by atoms with Crippen molar-refractivity contribution in [3.8, 4) is 17.1 Å². The molecule has 0 spiro atoms. The van der Waals surface area contributed by atoms with E-state index in [1.54, 1.807) is 6.21 Å². The van der Waals surface area contributed by atoms with Gasteiger partial charge in [-0.05, 0) is 29.8 Å². The van der Waals surface area contributed by atoms with E-state index in [0.717, 1.165) is 27.0 Å². The van der Waals surface area contributed by atoms with Crippen molar-refractivity contribution in [1.29, 1.82) is 0 Å². The number of amides is 1. The zero-order chi connectivity index (χ0) is 23.8.